The lowest BCUT2D eigenvalue weighted by Crippen LogP contribution is -2.54. The van der Waals surface area contributed by atoms with Crippen molar-refractivity contribution >= 4 is 34.1 Å². The second kappa shape index (κ2) is 6.56. The van der Waals surface area contributed by atoms with E-state index in [-0.39, 0.29) is 42.2 Å². The molecule has 8 heteroatoms. The molecule has 3 aromatic rings. The second-order valence-electron chi connectivity index (χ2n) is 6.42. The summed E-state index contributed by atoms with van der Waals surface area (Å²) in [4.78, 5) is 40.2. The summed E-state index contributed by atoms with van der Waals surface area (Å²) in [6, 6.07) is 13.5. The molecule has 8 nitrogen and oxygen atoms in total. The van der Waals surface area contributed by atoms with Gasteiger partial charge < -0.3 is 15.2 Å². The molecule has 1 aliphatic rings. The molecule has 0 radical (unpaired) electrons. The van der Waals surface area contributed by atoms with Gasteiger partial charge >= 0.3 is 0 Å². The standard InChI is InChI=1S/C19H16N4O4/c24-18(21-16-7-3-4-8-17(16)23(26)27)12-10-22(11-12)19(25)14-9-20-15-6-2-1-5-13(14)15/h1-9,12,20H,10-11H2,(H,21,24). The Kier molecular flexibility index (Phi) is 4.08. The van der Waals surface area contributed by atoms with Crippen LogP contribution in [0.25, 0.3) is 10.9 Å². The molecule has 0 atom stereocenters. The minimum Gasteiger partial charge on any atom is -0.360 e. The van der Waals surface area contributed by atoms with Crippen molar-refractivity contribution in [1.29, 1.82) is 0 Å². The fourth-order valence-corrected chi connectivity index (χ4v) is 3.20. The first-order valence-corrected chi connectivity index (χ1v) is 8.44. The Morgan fingerprint density at radius 3 is 2.59 bits per heavy atom. The van der Waals surface area contributed by atoms with E-state index < -0.39 is 4.92 Å². The van der Waals surface area contributed by atoms with Crippen molar-refractivity contribution in [2.24, 2.45) is 5.92 Å². The van der Waals surface area contributed by atoms with Crippen molar-refractivity contribution in [2.75, 3.05) is 18.4 Å². The Bertz CT molecular complexity index is 1050. The molecule has 0 spiro atoms. The smallest absolute Gasteiger partial charge is 0.292 e. The SMILES string of the molecule is O=C(Nc1ccccc1[N+](=O)[O-])C1CN(C(=O)c2c[nH]c3ccccc23)C1. The maximum Gasteiger partial charge on any atom is 0.292 e. The van der Waals surface area contributed by atoms with Gasteiger partial charge in [-0.25, -0.2) is 0 Å². The van der Waals surface area contributed by atoms with E-state index in [1.807, 2.05) is 24.3 Å². The highest BCUT2D eigenvalue weighted by molar-refractivity contribution is 6.07. The molecule has 1 aliphatic heterocycles. The zero-order valence-corrected chi connectivity index (χ0v) is 14.2. The monoisotopic (exact) mass is 364 g/mol. The normalized spacial score (nSPS) is 14.0. The van der Waals surface area contributed by atoms with Gasteiger partial charge in [0, 0.05) is 36.3 Å². The summed E-state index contributed by atoms with van der Waals surface area (Å²) in [7, 11) is 0. The van der Waals surface area contributed by atoms with Crippen molar-refractivity contribution in [3.8, 4) is 0 Å². The van der Waals surface area contributed by atoms with Crippen LogP contribution in [0.1, 0.15) is 10.4 Å². The number of fused-ring (bicyclic) bond motifs is 1. The average Bonchev–Trinajstić information content (AvgIpc) is 3.04. The first-order chi connectivity index (χ1) is 13.0. The highest BCUT2D eigenvalue weighted by Gasteiger charge is 2.37. The number of aromatic amines is 1. The van der Waals surface area contributed by atoms with E-state index in [4.69, 9.17) is 0 Å². The van der Waals surface area contributed by atoms with Crippen molar-refractivity contribution in [3.63, 3.8) is 0 Å². The molecule has 1 aromatic heterocycles. The molecule has 2 amide bonds. The molecule has 1 fully saturated rings. The first-order valence-electron chi connectivity index (χ1n) is 8.44. The third-order valence-electron chi connectivity index (χ3n) is 4.72. The van der Waals surface area contributed by atoms with Crippen LogP contribution in [-0.4, -0.2) is 39.7 Å². The zero-order chi connectivity index (χ0) is 19.0. The number of carbonyl (C=O) groups excluding carboxylic acids is 2. The van der Waals surface area contributed by atoms with E-state index in [0.717, 1.165) is 10.9 Å². The van der Waals surface area contributed by atoms with Gasteiger partial charge in [-0.15, -0.1) is 0 Å². The maximum absolute atomic E-state index is 12.7. The fourth-order valence-electron chi connectivity index (χ4n) is 3.20. The predicted molar refractivity (Wildman–Crippen MR) is 99.4 cm³/mol. The molecule has 0 saturated carbocycles. The number of benzene rings is 2. The van der Waals surface area contributed by atoms with Crippen molar-refractivity contribution in [3.05, 3.63) is 70.4 Å². The Morgan fingerprint density at radius 1 is 1.11 bits per heavy atom. The van der Waals surface area contributed by atoms with Gasteiger partial charge in [0.05, 0.1) is 16.4 Å². The Labute approximate surface area is 153 Å². The van der Waals surface area contributed by atoms with Crippen LogP contribution in [0.5, 0.6) is 0 Å². The number of hydrogen-bond donors (Lipinski definition) is 2. The lowest BCUT2D eigenvalue weighted by molar-refractivity contribution is -0.383. The molecule has 4 rings (SSSR count). The number of aromatic nitrogens is 1. The number of nitro groups is 1. The number of para-hydroxylation sites is 3. The first kappa shape index (κ1) is 16.8. The van der Waals surface area contributed by atoms with Gasteiger partial charge in [-0.05, 0) is 12.1 Å². The quantitative estimate of drug-likeness (QED) is 0.548. The molecule has 1 saturated heterocycles. The molecule has 27 heavy (non-hydrogen) atoms. The van der Waals surface area contributed by atoms with Gasteiger partial charge in [0.2, 0.25) is 5.91 Å². The van der Waals surface area contributed by atoms with Crippen LogP contribution in [0.15, 0.2) is 54.7 Å². The third-order valence-corrected chi connectivity index (χ3v) is 4.72. The minimum atomic E-state index is -0.538. The molecule has 0 aliphatic carbocycles. The van der Waals surface area contributed by atoms with Crippen LogP contribution in [0.2, 0.25) is 0 Å². The van der Waals surface area contributed by atoms with Crippen LogP contribution in [0.4, 0.5) is 11.4 Å². The van der Waals surface area contributed by atoms with E-state index in [2.05, 4.69) is 10.3 Å². The molecule has 0 bridgehead atoms. The molecule has 2 heterocycles. The maximum atomic E-state index is 12.7. The van der Waals surface area contributed by atoms with Crippen LogP contribution >= 0.6 is 0 Å². The number of rotatable bonds is 4. The lowest BCUT2D eigenvalue weighted by Gasteiger charge is -2.38. The van der Waals surface area contributed by atoms with Crippen molar-refractivity contribution in [2.45, 2.75) is 0 Å². The number of anilines is 1. The Hall–Kier alpha value is -3.68. The van der Waals surface area contributed by atoms with Crippen LogP contribution in [0, 0.1) is 16.0 Å². The summed E-state index contributed by atoms with van der Waals surface area (Å²) < 4.78 is 0. The largest absolute Gasteiger partial charge is 0.360 e. The molecular formula is C19H16N4O4. The summed E-state index contributed by atoms with van der Waals surface area (Å²) in [6.45, 7) is 0.565. The van der Waals surface area contributed by atoms with E-state index in [0.29, 0.717) is 5.56 Å². The van der Waals surface area contributed by atoms with Gasteiger partial charge in [-0.2, -0.15) is 0 Å². The fraction of sp³-hybridized carbons (Fsp3) is 0.158. The van der Waals surface area contributed by atoms with Crippen LogP contribution in [0.3, 0.4) is 0 Å². The van der Waals surface area contributed by atoms with Crippen LogP contribution in [-0.2, 0) is 4.79 Å². The van der Waals surface area contributed by atoms with Gasteiger partial charge in [0.15, 0.2) is 0 Å². The number of likely N-dealkylation sites (tertiary alicyclic amines) is 1. The summed E-state index contributed by atoms with van der Waals surface area (Å²) >= 11 is 0. The molecule has 136 valence electrons. The summed E-state index contributed by atoms with van der Waals surface area (Å²) in [5.41, 5.74) is 1.46. The predicted octanol–water partition coefficient (Wildman–Crippen LogP) is 2.79. The Morgan fingerprint density at radius 2 is 1.81 bits per heavy atom. The zero-order valence-electron chi connectivity index (χ0n) is 14.2. The average molecular weight is 364 g/mol. The molecule has 2 aromatic carbocycles. The summed E-state index contributed by atoms with van der Waals surface area (Å²) in [5.74, 6) is -0.853. The highest BCUT2D eigenvalue weighted by Crippen LogP contribution is 2.27. The molecule has 0 unspecified atom stereocenters. The number of hydrogen-bond acceptors (Lipinski definition) is 4. The minimum absolute atomic E-state index is 0.137. The number of nitrogens with one attached hydrogen (secondary N) is 2. The topological polar surface area (TPSA) is 108 Å². The van der Waals surface area contributed by atoms with E-state index in [1.165, 1.54) is 12.1 Å². The summed E-state index contributed by atoms with van der Waals surface area (Å²) in [6.07, 6.45) is 1.67. The van der Waals surface area contributed by atoms with Gasteiger partial charge in [0.1, 0.15) is 5.69 Å². The number of nitro benzene ring substituents is 1. The number of nitrogens with zero attached hydrogens (tertiary/aromatic N) is 2. The van der Waals surface area contributed by atoms with Crippen molar-refractivity contribution < 1.29 is 14.5 Å². The number of carbonyl (C=O) groups is 2. The lowest BCUT2D eigenvalue weighted by atomic mass is 9.97. The van der Waals surface area contributed by atoms with E-state index in [9.17, 15) is 19.7 Å². The highest BCUT2D eigenvalue weighted by atomic mass is 16.6. The van der Waals surface area contributed by atoms with E-state index >= 15 is 0 Å². The van der Waals surface area contributed by atoms with Crippen molar-refractivity contribution in [1.82, 2.24) is 9.88 Å². The third kappa shape index (κ3) is 3.01. The summed E-state index contributed by atoms with van der Waals surface area (Å²) in [5, 5.41) is 14.5. The van der Waals surface area contributed by atoms with Gasteiger partial charge in [0.25, 0.3) is 11.6 Å². The van der Waals surface area contributed by atoms with Gasteiger partial charge in [-0.3, -0.25) is 19.7 Å². The second-order valence-corrected chi connectivity index (χ2v) is 6.42. The number of H-pyrrole nitrogens is 1. The van der Waals surface area contributed by atoms with Gasteiger partial charge in [-0.1, -0.05) is 30.3 Å². The molecular weight excluding hydrogens is 348 g/mol. The van der Waals surface area contributed by atoms with E-state index in [1.54, 1.807) is 23.2 Å². The Balaban J connectivity index is 1.41. The number of amides is 2. The molecule has 2 N–H and O–H groups in total. The van der Waals surface area contributed by atoms with Crippen LogP contribution < -0.4 is 5.32 Å².